The number of hydrogen-bond acceptors (Lipinski definition) is 1. The zero-order valence-electron chi connectivity index (χ0n) is 10.6. The van der Waals surface area contributed by atoms with E-state index in [-0.39, 0.29) is 11.1 Å². The van der Waals surface area contributed by atoms with Crippen molar-refractivity contribution in [1.82, 2.24) is 0 Å². The number of halogens is 7. The minimum absolute atomic E-state index is 0.0735. The maximum atomic E-state index is 12.8. The van der Waals surface area contributed by atoms with Crippen molar-refractivity contribution < 1.29 is 31.1 Å². The average Bonchev–Trinajstić information content (AvgIpc) is 2.36. The van der Waals surface area contributed by atoms with Crippen molar-refractivity contribution in [2.24, 2.45) is 0 Å². The predicted octanol–water partition coefficient (Wildman–Crippen LogP) is 5.92. The molecule has 2 rings (SSSR count). The van der Waals surface area contributed by atoms with Gasteiger partial charge in [-0.1, -0.05) is 29.8 Å². The molecule has 1 nitrogen and oxygen atoms in total. The molecular formula is C14H7ClF6O. The van der Waals surface area contributed by atoms with Crippen molar-refractivity contribution >= 4 is 11.6 Å². The van der Waals surface area contributed by atoms with Crippen LogP contribution in [0.25, 0.3) is 11.1 Å². The summed E-state index contributed by atoms with van der Waals surface area (Å²) >= 11 is 5.49. The molecule has 0 amide bonds. The smallest absolute Gasteiger partial charge is 0.406 e. The highest BCUT2D eigenvalue weighted by Crippen LogP contribution is 2.37. The Morgan fingerprint density at radius 2 is 1.45 bits per heavy atom. The molecule has 2 aromatic carbocycles. The van der Waals surface area contributed by atoms with Crippen LogP contribution < -0.4 is 4.74 Å². The number of hydrogen-bond donors (Lipinski definition) is 0. The van der Waals surface area contributed by atoms with Crippen LogP contribution in [0, 0.1) is 0 Å². The Hall–Kier alpha value is -1.89. The highest BCUT2D eigenvalue weighted by molar-refractivity contribution is 6.31. The first-order valence-electron chi connectivity index (χ1n) is 5.79. The summed E-state index contributed by atoms with van der Waals surface area (Å²) in [6.07, 6.45) is -9.54. The molecule has 0 radical (unpaired) electrons. The van der Waals surface area contributed by atoms with Crippen molar-refractivity contribution in [3.05, 3.63) is 53.1 Å². The van der Waals surface area contributed by atoms with Crippen molar-refractivity contribution in [3.63, 3.8) is 0 Å². The third-order valence-corrected chi connectivity index (χ3v) is 3.00. The summed E-state index contributed by atoms with van der Waals surface area (Å²) in [6, 6.07) is 7.76. The zero-order valence-corrected chi connectivity index (χ0v) is 11.4. The van der Waals surface area contributed by atoms with E-state index in [2.05, 4.69) is 4.74 Å². The van der Waals surface area contributed by atoms with Crippen molar-refractivity contribution in [3.8, 4) is 16.9 Å². The van der Waals surface area contributed by atoms with Gasteiger partial charge in [0.25, 0.3) is 0 Å². The molecule has 0 aliphatic heterocycles. The first-order chi connectivity index (χ1) is 10.1. The van der Waals surface area contributed by atoms with Crippen LogP contribution in [-0.4, -0.2) is 6.36 Å². The minimum atomic E-state index is -4.88. The highest BCUT2D eigenvalue weighted by atomic mass is 35.5. The molecule has 118 valence electrons. The number of rotatable bonds is 2. The number of alkyl halides is 6. The molecule has 0 heterocycles. The number of benzene rings is 2. The summed E-state index contributed by atoms with van der Waals surface area (Å²) in [5.41, 5.74) is -0.845. The normalized spacial score (nSPS) is 12.3. The maximum Gasteiger partial charge on any atom is 0.573 e. The monoisotopic (exact) mass is 340 g/mol. The largest absolute Gasteiger partial charge is 0.573 e. The molecule has 0 aliphatic carbocycles. The minimum Gasteiger partial charge on any atom is -0.406 e. The summed E-state index contributed by atoms with van der Waals surface area (Å²) < 4.78 is 78.6. The summed E-state index contributed by atoms with van der Waals surface area (Å²) in [5.74, 6) is -0.520. The molecule has 22 heavy (non-hydrogen) atoms. The molecule has 8 heteroatoms. The molecule has 0 fully saturated rings. The van der Waals surface area contributed by atoms with Gasteiger partial charge in [-0.05, 0) is 35.4 Å². The third kappa shape index (κ3) is 4.07. The molecule has 0 aromatic heterocycles. The van der Waals surface area contributed by atoms with Gasteiger partial charge in [0.1, 0.15) is 5.75 Å². The van der Waals surface area contributed by atoms with Crippen LogP contribution in [0.3, 0.4) is 0 Å². The van der Waals surface area contributed by atoms with Crippen molar-refractivity contribution in [2.45, 2.75) is 12.5 Å². The molecule has 0 saturated heterocycles. The predicted molar refractivity (Wildman–Crippen MR) is 68.6 cm³/mol. The molecule has 0 atom stereocenters. The molecular weight excluding hydrogens is 334 g/mol. The summed E-state index contributed by atoms with van der Waals surface area (Å²) in [5, 5.41) is -0.487. The Bertz CT molecular complexity index is 678. The van der Waals surface area contributed by atoms with Gasteiger partial charge in [0.15, 0.2) is 0 Å². The molecule has 0 saturated carbocycles. The molecule has 0 unspecified atom stereocenters. The molecule has 0 N–H and O–H groups in total. The van der Waals surface area contributed by atoms with Gasteiger partial charge in [0.2, 0.25) is 0 Å². The lowest BCUT2D eigenvalue weighted by atomic mass is 10.0. The van der Waals surface area contributed by atoms with Gasteiger partial charge in [0.05, 0.1) is 10.6 Å². The third-order valence-electron chi connectivity index (χ3n) is 2.67. The van der Waals surface area contributed by atoms with E-state index in [0.29, 0.717) is 0 Å². The van der Waals surface area contributed by atoms with Crippen molar-refractivity contribution in [2.75, 3.05) is 0 Å². The topological polar surface area (TPSA) is 9.23 Å². The van der Waals surface area contributed by atoms with E-state index < -0.39 is 28.9 Å². The van der Waals surface area contributed by atoms with Crippen LogP contribution in [0.1, 0.15) is 5.56 Å². The van der Waals surface area contributed by atoms with E-state index >= 15 is 0 Å². The summed E-state index contributed by atoms with van der Waals surface area (Å²) in [7, 11) is 0. The van der Waals surface area contributed by atoms with Gasteiger partial charge >= 0.3 is 12.5 Å². The van der Waals surface area contributed by atoms with Crippen LogP contribution in [0.2, 0.25) is 5.02 Å². The van der Waals surface area contributed by atoms with E-state index in [9.17, 15) is 26.3 Å². The second kappa shape index (κ2) is 5.72. The SMILES string of the molecule is FC(F)(F)Oc1cccc(-c2ccc(Cl)c(C(F)(F)F)c2)c1. The van der Waals surface area contributed by atoms with E-state index in [1.165, 1.54) is 18.2 Å². The first-order valence-corrected chi connectivity index (χ1v) is 6.17. The van der Waals surface area contributed by atoms with E-state index in [4.69, 9.17) is 11.6 Å². The Labute approximate surface area is 126 Å². The maximum absolute atomic E-state index is 12.8. The lowest BCUT2D eigenvalue weighted by molar-refractivity contribution is -0.274. The fourth-order valence-corrected chi connectivity index (χ4v) is 2.02. The van der Waals surface area contributed by atoms with Crippen LogP contribution in [-0.2, 0) is 6.18 Å². The lowest BCUT2D eigenvalue weighted by Gasteiger charge is -2.12. The second-order valence-electron chi connectivity index (χ2n) is 4.27. The van der Waals surface area contributed by atoms with E-state index in [0.717, 1.165) is 24.3 Å². The van der Waals surface area contributed by atoms with Crippen LogP contribution in [0.15, 0.2) is 42.5 Å². The van der Waals surface area contributed by atoms with Gasteiger partial charge in [-0.15, -0.1) is 13.2 Å². The quantitative estimate of drug-likeness (QED) is 0.616. The summed E-state index contributed by atoms with van der Waals surface area (Å²) in [6.45, 7) is 0. The van der Waals surface area contributed by atoms with Crippen molar-refractivity contribution in [1.29, 1.82) is 0 Å². The lowest BCUT2D eigenvalue weighted by Crippen LogP contribution is -2.17. The fourth-order valence-electron chi connectivity index (χ4n) is 1.79. The zero-order chi connectivity index (χ0) is 16.5. The average molecular weight is 341 g/mol. The standard InChI is InChI=1S/C14H7ClF6O/c15-12-5-4-9(7-11(12)13(16,17)18)8-2-1-3-10(6-8)22-14(19,20)21/h1-7H. The Kier molecular flexibility index (Phi) is 4.28. The highest BCUT2D eigenvalue weighted by Gasteiger charge is 2.33. The first kappa shape index (κ1) is 16.5. The van der Waals surface area contributed by atoms with Gasteiger partial charge in [-0.2, -0.15) is 13.2 Å². The second-order valence-corrected chi connectivity index (χ2v) is 4.68. The Morgan fingerprint density at radius 3 is 2.05 bits per heavy atom. The van der Waals surface area contributed by atoms with E-state index in [1.54, 1.807) is 0 Å². The molecule has 0 spiro atoms. The molecule has 0 bridgehead atoms. The van der Waals surface area contributed by atoms with Gasteiger partial charge in [-0.3, -0.25) is 0 Å². The van der Waals surface area contributed by atoms with Gasteiger partial charge in [-0.25, -0.2) is 0 Å². The van der Waals surface area contributed by atoms with Gasteiger partial charge in [0, 0.05) is 0 Å². The summed E-state index contributed by atoms with van der Waals surface area (Å²) in [4.78, 5) is 0. The van der Waals surface area contributed by atoms with Gasteiger partial charge < -0.3 is 4.74 Å². The van der Waals surface area contributed by atoms with E-state index in [1.807, 2.05) is 0 Å². The number of ether oxygens (including phenoxy) is 1. The fraction of sp³-hybridized carbons (Fsp3) is 0.143. The molecule has 2 aromatic rings. The van der Waals surface area contributed by atoms with Crippen LogP contribution in [0.5, 0.6) is 5.75 Å². The van der Waals surface area contributed by atoms with Crippen LogP contribution >= 0.6 is 11.6 Å². The molecule has 0 aliphatic rings. The van der Waals surface area contributed by atoms with Crippen LogP contribution in [0.4, 0.5) is 26.3 Å². The Morgan fingerprint density at radius 1 is 0.818 bits per heavy atom. The Balaban J connectivity index is 2.43.